The highest BCUT2D eigenvalue weighted by Gasteiger charge is 2.25. The summed E-state index contributed by atoms with van der Waals surface area (Å²) in [6.07, 6.45) is 4.29. The van der Waals surface area contributed by atoms with Gasteiger partial charge in [-0.25, -0.2) is 0 Å². The number of nitrogens with one attached hydrogen (secondary N) is 1. The molecule has 1 aliphatic rings. The fourth-order valence-corrected chi connectivity index (χ4v) is 2.72. The van der Waals surface area contributed by atoms with Crippen LogP contribution < -0.4 is 11.1 Å². The molecule has 1 aromatic rings. The van der Waals surface area contributed by atoms with Crippen molar-refractivity contribution in [1.82, 2.24) is 5.32 Å². The van der Waals surface area contributed by atoms with Gasteiger partial charge in [0.15, 0.2) is 0 Å². The maximum atomic E-state index is 12.3. The van der Waals surface area contributed by atoms with Crippen molar-refractivity contribution < 1.29 is 4.79 Å². The van der Waals surface area contributed by atoms with Crippen LogP contribution in [0.15, 0.2) is 24.3 Å². The minimum absolute atomic E-state index is 0.0535. The van der Waals surface area contributed by atoms with Gasteiger partial charge in [0.1, 0.15) is 0 Å². The van der Waals surface area contributed by atoms with Gasteiger partial charge in [0, 0.05) is 11.6 Å². The Morgan fingerprint density at radius 3 is 2.83 bits per heavy atom. The van der Waals surface area contributed by atoms with Crippen LogP contribution in [-0.2, 0) is 6.42 Å². The van der Waals surface area contributed by atoms with E-state index in [1.54, 1.807) is 0 Å². The molecule has 1 aliphatic carbocycles. The van der Waals surface area contributed by atoms with E-state index in [0.29, 0.717) is 18.5 Å². The van der Waals surface area contributed by atoms with E-state index in [-0.39, 0.29) is 5.91 Å². The number of hydrogen-bond acceptors (Lipinski definition) is 2. The first kappa shape index (κ1) is 13.1. The van der Waals surface area contributed by atoms with Crippen molar-refractivity contribution in [2.24, 2.45) is 11.7 Å². The number of benzene rings is 1. The average Bonchev–Trinajstić information content (AvgIpc) is 2.76. The van der Waals surface area contributed by atoms with Gasteiger partial charge in [0.05, 0.1) is 0 Å². The third kappa shape index (κ3) is 2.91. The number of nitrogens with two attached hydrogens (primary N) is 1. The van der Waals surface area contributed by atoms with Crippen molar-refractivity contribution in [3.8, 4) is 0 Å². The van der Waals surface area contributed by atoms with E-state index in [9.17, 15) is 4.79 Å². The van der Waals surface area contributed by atoms with Crippen molar-refractivity contribution in [2.45, 2.75) is 38.6 Å². The van der Waals surface area contributed by atoms with E-state index >= 15 is 0 Å². The summed E-state index contributed by atoms with van der Waals surface area (Å²) in [6, 6.07) is 8.08. The highest BCUT2D eigenvalue weighted by atomic mass is 16.1. The van der Waals surface area contributed by atoms with Crippen LogP contribution >= 0.6 is 0 Å². The van der Waals surface area contributed by atoms with Crippen molar-refractivity contribution in [2.75, 3.05) is 6.54 Å². The summed E-state index contributed by atoms with van der Waals surface area (Å²) in [7, 11) is 0. The van der Waals surface area contributed by atoms with Crippen molar-refractivity contribution in [3.05, 3.63) is 35.4 Å². The zero-order valence-electron chi connectivity index (χ0n) is 11.0. The Labute approximate surface area is 109 Å². The fourth-order valence-electron chi connectivity index (χ4n) is 2.72. The van der Waals surface area contributed by atoms with Gasteiger partial charge in [-0.3, -0.25) is 4.79 Å². The van der Waals surface area contributed by atoms with Crippen LogP contribution in [-0.4, -0.2) is 18.5 Å². The van der Waals surface area contributed by atoms with E-state index in [4.69, 9.17) is 5.73 Å². The third-order valence-corrected chi connectivity index (χ3v) is 3.85. The molecular formula is C15H22N2O. The molecule has 2 unspecified atom stereocenters. The first-order valence-electron chi connectivity index (χ1n) is 6.81. The predicted octanol–water partition coefficient (Wildman–Crippen LogP) is 2.11. The smallest absolute Gasteiger partial charge is 0.251 e. The normalized spacial score (nSPS) is 23.0. The van der Waals surface area contributed by atoms with Gasteiger partial charge < -0.3 is 11.1 Å². The third-order valence-electron chi connectivity index (χ3n) is 3.85. The molecule has 3 N–H and O–H groups in total. The van der Waals surface area contributed by atoms with Gasteiger partial charge in [0.25, 0.3) is 5.91 Å². The summed E-state index contributed by atoms with van der Waals surface area (Å²) < 4.78 is 0. The standard InChI is InChI=1S/C15H22N2O/c1-11-5-4-8-14(11)17-15(18)13-7-3-2-6-12(13)9-10-16/h2-3,6-7,11,14H,4-5,8-10,16H2,1H3,(H,17,18). The highest BCUT2D eigenvalue weighted by Crippen LogP contribution is 2.25. The van der Waals surface area contributed by atoms with Crippen molar-refractivity contribution in [3.63, 3.8) is 0 Å². The lowest BCUT2D eigenvalue weighted by atomic mass is 10.0. The van der Waals surface area contributed by atoms with Gasteiger partial charge in [-0.05, 0) is 43.4 Å². The number of amides is 1. The molecule has 1 saturated carbocycles. The second-order valence-electron chi connectivity index (χ2n) is 5.18. The topological polar surface area (TPSA) is 55.1 Å². The molecule has 18 heavy (non-hydrogen) atoms. The Morgan fingerprint density at radius 2 is 2.17 bits per heavy atom. The summed E-state index contributed by atoms with van der Waals surface area (Å²) in [4.78, 5) is 12.3. The van der Waals surface area contributed by atoms with Gasteiger partial charge in [-0.2, -0.15) is 0 Å². The van der Waals surface area contributed by atoms with E-state index < -0.39 is 0 Å². The summed E-state index contributed by atoms with van der Waals surface area (Å²) >= 11 is 0. The first-order chi connectivity index (χ1) is 8.72. The Kier molecular flexibility index (Phi) is 4.37. The van der Waals surface area contributed by atoms with Gasteiger partial charge >= 0.3 is 0 Å². The molecule has 3 nitrogen and oxygen atoms in total. The summed E-state index contributed by atoms with van der Waals surface area (Å²) in [5.41, 5.74) is 7.41. The molecule has 2 rings (SSSR count). The van der Waals surface area contributed by atoms with Crippen LogP contribution in [0.5, 0.6) is 0 Å². The monoisotopic (exact) mass is 246 g/mol. The Balaban J connectivity index is 2.08. The zero-order chi connectivity index (χ0) is 13.0. The molecule has 0 bridgehead atoms. The molecule has 1 fully saturated rings. The molecule has 0 aliphatic heterocycles. The molecule has 0 aromatic heterocycles. The summed E-state index contributed by atoms with van der Waals surface area (Å²) in [6.45, 7) is 2.79. The van der Waals surface area contributed by atoms with Gasteiger partial charge in [-0.1, -0.05) is 31.5 Å². The Morgan fingerprint density at radius 1 is 1.39 bits per heavy atom. The quantitative estimate of drug-likeness (QED) is 0.855. The van der Waals surface area contributed by atoms with Crippen LogP contribution in [0.4, 0.5) is 0 Å². The number of rotatable bonds is 4. The van der Waals surface area contributed by atoms with Gasteiger partial charge in [-0.15, -0.1) is 0 Å². The lowest BCUT2D eigenvalue weighted by Gasteiger charge is -2.18. The molecule has 0 heterocycles. The molecule has 98 valence electrons. The van der Waals surface area contributed by atoms with Crippen LogP contribution in [0.1, 0.15) is 42.1 Å². The predicted molar refractivity (Wildman–Crippen MR) is 73.5 cm³/mol. The van der Waals surface area contributed by atoms with Crippen LogP contribution in [0.25, 0.3) is 0 Å². The van der Waals surface area contributed by atoms with E-state index in [2.05, 4.69) is 12.2 Å². The first-order valence-corrected chi connectivity index (χ1v) is 6.81. The second-order valence-corrected chi connectivity index (χ2v) is 5.18. The molecule has 0 saturated heterocycles. The molecular weight excluding hydrogens is 224 g/mol. The van der Waals surface area contributed by atoms with E-state index in [1.807, 2.05) is 24.3 Å². The molecule has 1 aromatic carbocycles. The lowest BCUT2D eigenvalue weighted by Crippen LogP contribution is -2.36. The molecule has 3 heteroatoms. The number of carbonyl (C=O) groups is 1. The summed E-state index contributed by atoms with van der Waals surface area (Å²) in [5, 5.41) is 3.16. The Bertz CT molecular complexity index is 417. The second kappa shape index (κ2) is 6.01. The molecule has 1 amide bonds. The average molecular weight is 246 g/mol. The van der Waals surface area contributed by atoms with Gasteiger partial charge in [0.2, 0.25) is 0 Å². The molecule has 0 spiro atoms. The zero-order valence-corrected chi connectivity index (χ0v) is 11.0. The van der Waals surface area contributed by atoms with Crippen LogP contribution in [0.2, 0.25) is 0 Å². The number of hydrogen-bond donors (Lipinski definition) is 2. The number of carbonyl (C=O) groups excluding carboxylic acids is 1. The highest BCUT2D eigenvalue weighted by molar-refractivity contribution is 5.95. The van der Waals surface area contributed by atoms with E-state index in [0.717, 1.165) is 24.0 Å². The molecule has 2 atom stereocenters. The van der Waals surface area contributed by atoms with Crippen LogP contribution in [0.3, 0.4) is 0 Å². The maximum Gasteiger partial charge on any atom is 0.251 e. The fraction of sp³-hybridized carbons (Fsp3) is 0.533. The summed E-state index contributed by atoms with van der Waals surface area (Å²) in [5.74, 6) is 0.647. The SMILES string of the molecule is CC1CCCC1NC(=O)c1ccccc1CCN. The molecule has 0 radical (unpaired) electrons. The minimum Gasteiger partial charge on any atom is -0.349 e. The maximum absolute atomic E-state index is 12.3. The van der Waals surface area contributed by atoms with Crippen LogP contribution in [0, 0.1) is 5.92 Å². The van der Waals surface area contributed by atoms with Crippen molar-refractivity contribution >= 4 is 5.91 Å². The van der Waals surface area contributed by atoms with E-state index in [1.165, 1.54) is 12.8 Å². The lowest BCUT2D eigenvalue weighted by molar-refractivity contribution is 0.0928. The minimum atomic E-state index is 0.0535. The van der Waals surface area contributed by atoms with Crippen molar-refractivity contribution in [1.29, 1.82) is 0 Å². The Hall–Kier alpha value is -1.35. The largest absolute Gasteiger partial charge is 0.349 e.